The van der Waals surface area contributed by atoms with Crippen LogP contribution in [-0.2, 0) is 0 Å². The molecule has 3 heteroatoms. The number of aromatic nitrogens is 1. The summed E-state index contributed by atoms with van der Waals surface area (Å²) in [5.41, 5.74) is 8.20. The molecule has 6 rings (SSSR count). The highest BCUT2D eigenvalue weighted by Gasteiger charge is 2.16. The van der Waals surface area contributed by atoms with E-state index in [0.717, 1.165) is 55.6 Å². The second kappa shape index (κ2) is 7.78. The topological polar surface area (TPSA) is 30.4 Å². The normalized spacial score (nSPS) is 11.0. The van der Waals surface area contributed by atoms with E-state index >= 15 is 0 Å². The number of nitrogens with zero attached hydrogens (tertiary/aromatic N) is 2. The quantitative estimate of drug-likeness (QED) is 0.268. The predicted molar refractivity (Wildman–Crippen MR) is 134 cm³/mol. The second-order valence-electron chi connectivity index (χ2n) is 7.90. The van der Waals surface area contributed by atoms with Gasteiger partial charge in [-0.05, 0) is 23.8 Å². The average molecular weight is 422 g/mol. The molecule has 0 aliphatic carbocycles. The SMILES string of the molecule is [C-]#[N+]c1ccc(-c2cccc3c2oc2c(-c4cccc(-c5ccccc5)n4)cccc23)cc1. The monoisotopic (exact) mass is 422 g/mol. The van der Waals surface area contributed by atoms with E-state index in [1.165, 1.54) is 0 Å². The first kappa shape index (κ1) is 19.0. The molecular formula is C30H18N2O. The number of rotatable bonds is 3. The maximum absolute atomic E-state index is 7.20. The van der Waals surface area contributed by atoms with E-state index < -0.39 is 0 Å². The van der Waals surface area contributed by atoms with Crippen molar-refractivity contribution in [3.8, 4) is 33.6 Å². The molecule has 0 bridgehead atoms. The predicted octanol–water partition coefficient (Wildman–Crippen LogP) is 8.53. The van der Waals surface area contributed by atoms with Crippen LogP contribution in [0.4, 0.5) is 5.69 Å². The van der Waals surface area contributed by atoms with E-state index in [0.29, 0.717) is 5.69 Å². The van der Waals surface area contributed by atoms with Crippen LogP contribution >= 0.6 is 0 Å². The van der Waals surface area contributed by atoms with Crippen LogP contribution < -0.4 is 0 Å². The molecule has 0 unspecified atom stereocenters. The number of furan rings is 1. The molecule has 0 amide bonds. The molecule has 0 aliphatic heterocycles. The summed E-state index contributed by atoms with van der Waals surface area (Å²) in [5.74, 6) is 0. The Morgan fingerprint density at radius 3 is 1.91 bits per heavy atom. The Bertz CT molecular complexity index is 1660. The van der Waals surface area contributed by atoms with Crippen LogP contribution in [0.3, 0.4) is 0 Å². The maximum atomic E-state index is 7.20. The third kappa shape index (κ3) is 3.26. The summed E-state index contributed by atoms with van der Waals surface area (Å²) in [5, 5.41) is 2.13. The highest BCUT2D eigenvalue weighted by atomic mass is 16.3. The van der Waals surface area contributed by atoms with E-state index in [-0.39, 0.29) is 0 Å². The Hall–Kier alpha value is -4.68. The zero-order chi connectivity index (χ0) is 22.2. The number of pyridine rings is 1. The van der Waals surface area contributed by atoms with E-state index in [2.05, 4.69) is 53.4 Å². The van der Waals surface area contributed by atoms with Crippen LogP contribution in [0, 0.1) is 6.57 Å². The van der Waals surface area contributed by atoms with Crippen LogP contribution in [0.1, 0.15) is 0 Å². The lowest BCUT2D eigenvalue weighted by Crippen LogP contribution is -1.88. The van der Waals surface area contributed by atoms with Gasteiger partial charge in [0, 0.05) is 27.5 Å². The number of fused-ring (bicyclic) bond motifs is 3. The number of benzene rings is 4. The molecule has 0 radical (unpaired) electrons. The Morgan fingerprint density at radius 2 is 1.18 bits per heavy atom. The fraction of sp³-hybridized carbons (Fsp3) is 0. The lowest BCUT2D eigenvalue weighted by molar-refractivity contribution is 0.671. The standard InChI is InChI=1S/C30H18N2O/c1-31-22-18-16-20(17-19-22)23-10-5-11-24-25-12-6-13-26(30(25)33-29(23)24)28-15-7-14-27(32-28)21-8-3-2-4-9-21/h2-19H. The minimum Gasteiger partial charge on any atom is -0.455 e. The first-order valence-corrected chi connectivity index (χ1v) is 10.8. The van der Waals surface area contributed by atoms with Crippen molar-refractivity contribution in [2.24, 2.45) is 0 Å². The van der Waals surface area contributed by atoms with Crippen LogP contribution in [-0.4, -0.2) is 4.98 Å². The van der Waals surface area contributed by atoms with Crippen molar-refractivity contribution >= 4 is 27.6 Å². The highest BCUT2D eigenvalue weighted by Crippen LogP contribution is 2.39. The van der Waals surface area contributed by atoms with Gasteiger partial charge in [0.2, 0.25) is 0 Å². The van der Waals surface area contributed by atoms with Crippen molar-refractivity contribution in [1.29, 1.82) is 0 Å². The summed E-state index contributed by atoms with van der Waals surface area (Å²) in [7, 11) is 0. The molecule has 6 aromatic rings. The van der Waals surface area contributed by atoms with Crippen molar-refractivity contribution < 1.29 is 4.42 Å². The minimum atomic E-state index is 0.627. The smallest absolute Gasteiger partial charge is 0.187 e. The van der Waals surface area contributed by atoms with Crippen molar-refractivity contribution in [3.63, 3.8) is 0 Å². The van der Waals surface area contributed by atoms with Gasteiger partial charge in [-0.1, -0.05) is 91.0 Å². The maximum Gasteiger partial charge on any atom is 0.187 e. The molecule has 0 fully saturated rings. The molecule has 0 saturated carbocycles. The first-order valence-electron chi connectivity index (χ1n) is 10.8. The Kier molecular flexibility index (Phi) is 4.49. The van der Waals surface area contributed by atoms with Gasteiger partial charge < -0.3 is 4.42 Å². The largest absolute Gasteiger partial charge is 0.455 e. The number of hydrogen-bond donors (Lipinski definition) is 0. The van der Waals surface area contributed by atoms with Crippen molar-refractivity contribution in [1.82, 2.24) is 4.98 Å². The molecule has 33 heavy (non-hydrogen) atoms. The van der Waals surface area contributed by atoms with Gasteiger partial charge >= 0.3 is 0 Å². The van der Waals surface area contributed by atoms with E-state index in [4.69, 9.17) is 16.0 Å². The van der Waals surface area contributed by atoms with Gasteiger partial charge in [-0.15, -0.1) is 0 Å². The molecule has 0 saturated heterocycles. The van der Waals surface area contributed by atoms with Gasteiger partial charge in [-0.2, -0.15) is 0 Å². The Labute approximate surface area is 191 Å². The molecule has 0 aliphatic rings. The lowest BCUT2D eigenvalue weighted by atomic mass is 10.0. The van der Waals surface area contributed by atoms with Gasteiger partial charge in [-0.3, -0.25) is 0 Å². The van der Waals surface area contributed by atoms with Crippen molar-refractivity contribution in [2.75, 3.05) is 0 Å². The molecule has 154 valence electrons. The molecule has 0 N–H and O–H groups in total. The summed E-state index contributed by atoms with van der Waals surface area (Å²) in [6.07, 6.45) is 0. The molecular weight excluding hydrogens is 404 g/mol. The van der Waals surface area contributed by atoms with E-state index in [1.54, 1.807) is 0 Å². The van der Waals surface area contributed by atoms with Crippen LogP contribution in [0.25, 0.3) is 60.4 Å². The van der Waals surface area contributed by atoms with Crippen LogP contribution in [0.15, 0.2) is 114 Å². The highest BCUT2D eigenvalue weighted by molar-refractivity contribution is 6.12. The number of hydrogen-bond acceptors (Lipinski definition) is 2. The molecule has 3 nitrogen and oxygen atoms in total. The summed E-state index contributed by atoms with van der Waals surface area (Å²) in [6, 6.07) is 36.3. The first-order chi connectivity index (χ1) is 16.3. The number of para-hydroxylation sites is 2. The fourth-order valence-electron chi connectivity index (χ4n) is 4.32. The minimum absolute atomic E-state index is 0.627. The zero-order valence-corrected chi connectivity index (χ0v) is 17.7. The van der Waals surface area contributed by atoms with Gasteiger partial charge in [0.1, 0.15) is 11.2 Å². The van der Waals surface area contributed by atoms with E-state index in [9.17, 15) is 0 Å². The van der Waals surface area contributed by atoms with Crippen LogP contribution in [0.5, 0.6) is 0 Å². The van der Waals surface area contributed by atoms with Gasteiger partial charge in [0.05, 0.1) is 18.0 Å². The summed E-state index contributed by atoms with van der Waals surface area (Å²) in [6.45, 7) is 7.20. The summed E-state index contributed by atoms with van der Waals surface area (Å²) in [4.78, 5) is 8.44. The molecule has 2 heterocycles. The third-order valence-corrected chi connectivity index (χ3v) is 5.93. The van der Waals surface area contributed by atoms with Crippen molar-refractivity contribution in [3.05, 3.63) is 121 Å². The van der Waals surface area contributed by atoms with Gasteiger partial charge in [0.15, 0.2) is 5.69 Å². The Balaban J connectivity index is 1.55. The van der Waals surface area contributed by atoms with Gasteiger partial charge in [0.25, 0.3) is 0 Å². The fourth-order valence-corrected chi connectivity index (χ4v) is 4.32. The van der Waals surface area contributed by atoms with Crippen LogP contribution in [0.2, 0.25) is 0 Å². The molecule has 4 aromatic carbocycles. The second-order valence-corrected chi connectivity index (χ2v) is 7.90. The summed E-state index contributed by atoms with van der Waals surface area (Å²) < 4.78 is 6.53. The lowest BCUT2D eigenvalue weighted by Gasteiger charge is -2.06. The van der Waals surface area contributed by atoms with Crippen molar-refractivity contribution in [2.45, 2.75) is 0 Å². The average Bonchev–Trinajstić information content (AvgIpc) is 3.28. The third-order valence-electron chi connectivity index (χ3n) is 5.93. The van der Waals surface area contributed by atoms with E-state index in [1.807, 2.05) is 60.7 Å². The summed E-state index contributed by atoms with van der Waals surface area (Å²) >= 11 is 0. The zero-order valence-electron chi connectivity index (χ0n) is 17.7. The Morgan fingerprint density at radius 1 is 0.545 bits per heavy atom. The van der Waals surface area contributed by atoms with Gasteiger partial charge in [-0.25, -0.2) is 9.83 Å². The molecule has 2 aromatic heterocycles. The molecule has 0 atom stereocenters. The molecule has 0 spiro atoms.